The van der Waals surface area contributed by atoms with Crippen molar-refractivity contribution in [3.8, 4) is 17.2 Å². The zero-order valence-electron chi connectivity index (χ0n) is 26.6. The average Bonchev–Trinajstić information content (AvgIpc) is 2.97. The van der Waals surface area contributed by atoms with Crippen molar-refractivity contribution in [1.82, 2.24) is 16.0 Å². The van der Waals surface area contributed by atoms with E-state index >= 15 is 0 Å². The SMILES string of the molecule is COc1ccc(C[C@H](NC(=O)CCc2ccccc2)C(=O)N[C@H](C(=O)N[C@@H](CC(C)C)OB(O)O)C(C)C)c(OC)c1OC. The summed E-state index contributed by atoms with van der Waals surface area (Å²) in [5.41, 5.74) is 1.55. The van der Waals surface area contributed by atoms with Crippen LogP contribution >= 0.6 is 0 Å². The van der Waals surface area contributed by atoms with Crippen molar-refractivity contribution in [3.05, 3.63) is 53.6 Å². The van der Waals surface area contributed by atoms with E-state index in [4.69, 9.17) is 18.9 Å². The van der Waals surface area contributed by atoms with E-state index in [2.05, 4.69) is 16.0 Å². The summed E-state index contributed by atoms with van der Waals surface area (Å²) in [6.45, 7) is 7.30. The van der Waals surface area contributed by atoms with E-state index in [1.807, 2.05) is 44.2 Å². The molecule has 5 N–H and O–H groups in total. The lowest BCUT2D eigenvalue weighted by molar-refractivity contribution is -0.134. The number of nitrogens with one attached hydrogen (secondary N) is 3. The number of hydrogen-bond acceptors (Lipinski definition) is 9. The highest BCUT2D eigenvalue weighted by Crippen LogP contribution is 2.40. The van der Waals surface area contributed by atoms with Crippen LogP contribution in [0.25, 0.3) is 0 Å². The first-order valence-electron chi connectivity index (χ1n) is 14.6. The summed E-state index contributed by atoms with van der Waals surface area (Å²) >= 11 is 0. The van der Waals surface area contributed by atoms with Gasteiger partial charge < -0.3 is 44.9 Å². The Kier molecular flexibility index (Phi) is 15.0. The molecule has 2 rings (SSSR count). The monoisotopic (exact) mass is 615 g/mol. The molecular weight excluding hydrogens is 569 g/mol. The van der Waals surface area contributed by atoms with E-state index < -0.39 is 37.4 Å². The third kappa shape index (κ3) is 11.4. The minimum atomic E-state index is -2.09. The summed E-state index contributed by atoms with van der Waals surface area (Å²) in [4.78, 5) is 40.2. The molecule has 13 heteroatoms. The van der Waals surface area contributed by atoms with Crippen molar-refractivity contribution < 1.29 is 43.3 Å². The van der Waals surface area contributed by atoms with E-state index in [9.17, 15) is 24.4 Å². The molecule has 0 saturated carbocycles. The van der Waals surface area contributed by atoms with Crippen LogP contribution in [-0.2, 0) is 31.9 Å². The molecule has 3 atom stereocenters. The van der Waals surface area contributed by atoms with Crippen LogP contribution in [0.4, 0.5) is 0 Å². The smallest absolute Gasteiger partial charge is 0.493 e. The molecule has 3 amide bonds. The Morgan fingerprint density at radius 3 is 2.02 bits per heavy atom. The molecule has 0 saturated heterocycles. The highest BCUT2D eigenvalue weighted by Gasteiger charge is 2.32. The van der Waals surface area contributed by atoms with Crippen LogP contribution in [0.2, 0.25) is 0 Å². The summed E-state index contributed by atoms with van der Waals surface area (Å²) in [6.07, 6.45) is -0.0465. The van der Waals surface area contributed by atoms with Gasteiger partial charge >= 0.3 is 7.32 Å². The fraction of sp³-hybridized carbons (Fsp3) is 0.516. The Morgan fingerprint density at radius 1 is 0.818 bits per heavy atom. The fourth-order valence-corrected chi connectivity index (χ4v) is 4.68. The molecule has 0 aliphatic heterocycles. The van der Waals surface area contributed by atoms with Gasteiger partial charge in [0.05, 0.1) is 21.3 Å². The van der Waals surface area contributed by atoms with Gasteiger partial charge in [-0.2, -0.15) is 0 Å². The summed E-state index contributed by atoms with van der Waals surface area (Å²) in [5, 5.41) is 26.9. The maximum absolute atomic E-state index is 13.8. The molecular formula is C31H46BN3O9. The Labute approximate surface area is 260 Å². The van der Waals surface area contributed by atoms with E-state index in [0.29, 0.717) is 35.7 Å². The van der Waals surface area contributed by atoms with Crippen molar-refractivity contribution in [2.75, 3.05) is 21.3 Å². The Bertz CT molecular complexity index is 1200. The van der Waals surface area contributed by atoms with Gasteiger partial charge in [0.1, 0.15) is 18.3 Å². The molecule has 44 heavy (non-hydrogen) atoms. The molecule has 242 valence electrons. The van der Waals surface area contributed by atoms with Gasteiger partial charge in [-0.05, 0) is 36.3 Å². The van der Waals surface area contributed by atoms with Crippen LogP contribution in [-0.4, -0.2) is 74.7 Å². The number of ether oxygens (including phenoxy) is 3. The summed E-state index contributed by atoms with van der Waals surface area (Å²) in [5.74, 6) is -0.683. The molecule has 0 aliphatic carbocycles. The minimum Gasteiger partial charge on any atom is -0.493 e. The Morgan fingerprint density at radius 2 is 1.48 bits per heavy atom. The lowest BCUT2D eigenvalue weighted by Crippen LogP contribution is -2.57. The van der Waals surface area contributed by atoms with Gasteiger partial charge in [-0.1, -0.05) is 64.1 Å². The first kappa shape index (κ1) is 36.4. The van der Waals surface area contributed by atoms with Crippen LogP contribution in [0.15, 0.2) is 42.5 Å². The molecule has 12 nitrogen and oxygen atoms in total. The molecule has 2 aromatic carbocycles. The van der Waals surface area contributed by atoms with E-state index in [-0.39, 0.29) is 30.6 Å². The molecule has 0 bridgehead atoms. The highest BCUT2D eigenvalue weighted by atomic mass is 16.6. The number of methoxy groups -OCH3 is 3. The predicted molar refractivity (Wildman–Crippen MR) is 166 cm³/mol. The van der Waals surface area contributed by atoms with Crippen molar-refractivity contribution in [2.45, 2.75) is 71.7 Å². The zero-order valence-corrected chi connectivity index (χ0v) is 26.6. The molecule has 0 unspecified atom stereocenters. The molecule has 0 aliphatic rings. The van der Waals surface area contributed by atoms with Gasteiger partial charge in [0.2, 0.25) is 23.5 Å². The summed E-state index contributed by atoms with van der Waals surface area (Å²) in [7, 11) is 2.34. The summed E-state index contributed by atoms with van der Waals surface area (Å²) in [6, 6.07) is 10.8. The molecule has 0 fully saturated rings. The van der Waals surface area contributed by atoms with Crippen molar-refractivity contribution >= 4 is 25.0 Å². The standard InChI is InChI=1S/C31H46BN3O9/c1-19(2)17-26(44-32(39)40)34-31(38)27(20(3)4)35-30(37)23(33-25(36)16-13-21-11-9-8-10-12-21)18-22-14-15-24(41-5)29(43-7)28(22)42-6/h8-12,14-15,19-20,23,26-27,39-40H,13,16-18H2,1-7H3,(H,33,36)(H,34,38)(H,35,37)/t23-,26+,27-/m0/s1. The first-order valence-corrected chi connectivity index (χ1v) is 14.6. The average molecular weight is 616 g/mol. The zero-order chi connectivity index (χ0) is 32.8. The first-order chi connectivity index (χ1) is 20.9. The third-order valence-corrected chi connectivity index (χ3v) is 6.87. The second-order valence-electron chi connectivity index (χ2n) is 11.1. The van der Waals surface area contributed by atoms with Gasteiger partial charge in [0.15, 0.2) is 11.5 Å². The number of carbonyl (C=O) groups excluding carboxylic acids is 3. The van der Waals surface area contributed by atoms with Gasteiger partial charge in [-0.15, -0.1) is 0 Å². The number of rotatable bonds is 18. The van der Waals surface area contributed by atoms with E-state index in [0.717, 1.165) is 5.56 Å². The second kappa shape index (κ2) is 18.1. The maximum Gasteiger partial charge on any atom is 0.635 e. The quantitative estimate of drug-likeness (QED) is 0.125. The van der Waals surface area contributed by atoms with Gasteiger partial charge in [-0.25, -0.2) is 0 Å². The number of aryl methyl sites for hydroxylation is 1. The van der Waals surface area contributed by atoms with E-state index in [1.165, 1.54) is 21.3 Å². The summed E-state index contributed by atoms with van der Waals surface area (Å²) < 4.78 is 21.5. The highest BCUT2D eigenvalue weighted by molar-refractivity contribution is 6.32. The minimum absolute atomic E-state index is 0.0225. The van der Waals surface area contributed by atoms with Crippen LogP contribution in [0.3, 0.4) is 0 Å². The third-order valence-electron chi connectivity index (χ3n) is 6.87. The normalized spacial score (nSPS) is 13.1. The molecule has 0 spiro atoms. The molecule has 0 radical (unpaired) electrons. The van der Waals surface area contributed by atoms with Gasteiger partial charge in [-0.3, -0.25) is 14.4 Å². The van der Waals surface area contributed by atoms with Crippen molar-refractivity contribution in [3.63, 3.8) is 0 Å². The van der Waals surface area contributed by atoms with Crippen LogP contribution in [0, 0.1) is 11.8 Å². The molecule has 0 aromatic heterocycles. The van der Waals surface area contributed by atoms with Gasteiger partial charge in [0.25, 0.3) is 0 Å². The van der Waals surface area contributed by atoms with Crippen LogP contribution < -0.4 is 30.2 Å². The number of benzene rings is 2. The van der Waals surface area contributed by atoms with Crippen molar-refractivity contribution in [1.29, 1.82) is 0 Å². The number of carbonyl (C=O) groups is 3. The largest absolute Gasteiger partial charge is 0.635 e. The predicted octanol–water partition coefficient (Wildman–Crippen LogP) is 1.99. The maximum atomic E-state index is 13.8. The fourth-order valence-electron chi connectivity index (χ4n) is 4.68. The number of hydrogen-bond donors (Lipinski definition) is 5. The van der Waals surface area contributed by atoms with Crippen LogP contribution in [0.5, 0.6) is 17.2 Å². The lowest BCUT2D eigenvalue weighted by Gasteiger charge is -2.28. The Hall–Kier alpha value is -3.81. The van der Waals surface area contributed by atoms with E-state index in [1.54, 1.807) is 26.0 Å². The Balaban J connectivity index is 2.34. The molecule has 0 heterocycles. The molecule has 2 aromatic rings. The van der Waals surface area contributed by atoms with Crippen molar-refractivity contribution in [2.24, 2.45) is 11.8 Å². The van der Waals surface area contributed by atoms with Crippen LogP contribution in [0.1, 0.15) is 51.7 Å². The topological polar surface area (TPSA) is 165 Å². The number of amides is 3. The van der Waals surface area contributed by atoms with Gasteiger partial charge in [0, 0.05) is 18.4 Å². The lowest BCUT2D eigenvalue weighted by atomic mass is 9.99. The second-order valence-corrected chi connectivity index (χ2v) is 11.1.